The molecule has 0 fully saturated rings. The zero-order chi connectivity index (χ0) is 75.1. The molecule has 4 N–H and O–H groups in total. The SMILES string of the molecule is C.C.CCOC(=O)CBr.CCOC(=O)COc1c(C(=O)OC)sc2nc(-c3ccccc3)ccc12.CCOC(=O)c1ccc(-c2ccccc2)nc1Cl.CCOC(=O)c1ccc(Cl)nc1Cl.COC(=O)CS.O=C(O)COc1c(C(=O)O)sc2nc(-c3ccccc3)ccc12.OB(O)c1ccccc1. The third kappa shape index (κ3) is 30.0. The van der Waals surface area contributed by atoms with Gasteiger partial charge in [0.25, 0.3) is 0 Å². The molecule has 0 saturated heterocycles. The summed E-state index contributed by atoms with van der Waals surface area (Å²) >= 11 is 25.9. The van der Waals surface area contributed by atoms with Gasteiger partial charge in [0.2, 0.25) is 0 Å². The average molecular weight is 1610 g/mol. The van der Waals surface area contributed by atoms with Crippen LogP contribution in [0.2, 0.25) is 15.5 Å². The number of carbonyl (C=O) groups excluding carboxylic acids is 6. The Balaban J connectivity index is 0.000000434. The summed E-state index contributed by atoms with van der Waals surface area (Å²) in [5.74, 6) is -4.32. The Labute approximate surface area is 637 Å². The van der Waals surface area contributed by atoms with E-state index in [1.807, 2.05) is 109 Å². The minimum atomic E-state index is -1.34. The molecule has 32 heteroatoms. The number of aliphatic carboxylic acids is 1. The van der Waals surface area contributed by atoms with Crippen LogP contribution in [0, 0.1) is 0 Å². The number of carboxylic acid groups (broad SMARTS) is 2. The lowest BCUT2D eigenvalue weighted by atomic mass is 9.81. The molecule has 10 rings (SSSR count). The lowest BCUT2D eigenvalue weighted by Crippen LogP contribution is -2.29. The number of methoxy groups -OCH3 is 2. The van der Waals surface area contributed by atoms with Gasteiger partial charge in [0, 0.05) is 16.7 Å². The van der Waals surface area contributed by atoms with E-state index in [2.05, 4.69) is 58.0 Å². The summed E-state index contributed by atoms with van der Waals surface area (Å²) in [5.41, 5.74) is 6.10. The van der Waals surface area contributed by atoms with Crippen LogP contribution in [-0.4, -0.2) is 160 Å². The van der Waals surface area contributed by atoms with Gasteiger partial charge in [0.05, 0.1) is 85.4 Å². The molecule has 0 spiro atoms. The van der Waals surface area contributed by atoms with E-state index in [1.165, 1.54) is 37.7 Å². The lowest BCUT2D eigenvalue weighted by molar-refractivity contribution is -0.145. The molecule has 104 heavy (non-hydrogen) atoms. The first-order valence-corrected chi connectivity index (χ1v) is 34.6. The van der Waals surface area contributed by atoms with Crippen molar-refractivity contribution >= 4 is 167 Å². The normalized spacial score (nSPS) is 9.74. The molecule has 552 valence electrons. The van der Waals surface area contributed by atoms with Gasteiger partial charge in [-0.05, 0) is 81.7 Å². The summed E-state index contributed by atoms with van der Waals surface area (Å²) in [6.45, 7) is 7.41. The van der Waals surface area contributed by atoms with Gasteiger partial charge < -0.3 is 58.2 Å². The summed E-state index contributed by atoms with van der Waals surface area (Å²) < 4.78 is 38.7. The van der Waals surface area contributed by atoms with Crippen molar-refractivity contribution in [3.05, 3.63) is 206 Å². The van der Waals surface area contributed by atoms with Gasteiger partial charge in [-0.2, -0.15) is 12.6 Å². The number of benzene rings is 4. The minimum Gasteiger partial charge on any atom is -0.479 e. The van der Waals surface area contributed by atoms with E-state index in [1.54, 1.807) is 76.2 Å². The second kappa shape index (κ2) is 49.2. The van der Waals surface area contributed by atoms with E-state index in [9.17, 15) is 43.5 Å². The van der Waals surface area contributed by atoms with Gasteiger partial charge in [-0.15, -0.1) is 22.7 Å². The molecule has 0 aliphatic heterocycles. The lowest BCUT2D eigenvalue weighted by Gasteiger charge is -2.07. The molecule has 0 unspecified atom stereocenters. The Morgan fingerprint density at radius 2 is 0.865 bits per heavy atom. The molecule has 0 radical (unpaired) electrons. The Morgan fingerprint density at radius 3 is 1.22 bits per heavy atom. The zero-order valence-corrected chi connectivity index (χ0v) is 61.7. The van der Waals surface area contributed by atoms with Crippen LogP contribution in [0.1, 0.15) is 82.6 Å². The van der Waals surface area contributed by atoms with Crippen molar-refractivity contribution in [2.75, 3.05) is 64.9 Å². The first kappa shape index (κ1) is 90.5. The Bertz CT molecular complexity index is 4360. The van der Waals surface area contributed by atoms with Crippen LogP contribution in [0.3, 0.4) is 0 Å². The van der Waals surface area contributed by atoms with E-state index < -0.39 is 49.5 Å². The number of halogens is 4. The summed E-state index contributed by atoms with van der Waals surface area (Å²) in [6.07, 6.45) is 0. The zero-order valence-electron chi connectivity index (χ0n) is 55.3. The number of carboxylic acids is 2. The number of hydrogen-bond acceptors (Lipinski definition) is 25. The first-order valence-electron chi connectivity index (χ1n) is 30.1. The predicted octanol–water partition coefficient (Wildman–Crippen LogP) is 14.6. The topological polar surface area (TPSA) is 343 Å². The summed E-state index contributed by atoms with van der Waals surface area (Å²) in [6, 6.07) is 51.0. The van der Waals surface area contributed by atoms with Crippen molar-refractivity contribution in [3.63, 3.8) is 0 Å². The van der Waals surface area contributed by atoms with Crippen molar-refractivity contribution in [2.24, 2.45) is 0 Å². The number of hydrogen-bond donors (Lipinski definition) is 5. The second-order valence-electron chi connectivity index (χ2n) is 19.2. The number of fused-ring (bicyclic) bond motifs is 2. The first-order chi connectivity index (χ1) is 49.0. The number of thiophene rings is 2. The fraction of sp³-hybridized carbons (Fsp3) is 0.222. The maximum absolute atomic E-state index is 12.1. The molecular weight excluding hydrogens is 1530 g/mol. The van der Waals surface area contributed by atoms with E-state index in [-0.39, 0.29) is 93.6 Å². The van der Waals surface area contributed by atoms with Crippen molar-refractivity contribution in [3.8, 4) is 45.3 Å². The molecule has 0 atom stereocenters. The molecule has 6 heterocycles. The highest BCUT2D eigenvalue weighted by Crippen LogP contribution is 2.40. The fourth-order valence-corrected chi connectivity index (χ4v) is 10.7. The molecular formula is C72H75BBrCl3N4O20S3. The van der Waals surface area contributed by atoms with Crippen LogP contribution in [0.4, 0.5) is 0 Å². The van der Waals surface area contributed by atoms with Crippen LogP contribution in [0.5, 0.6) is 11.5 Å². The molecule has 0 amide bonds. The van der Waals surface area contributed by atoms with Crippen molar-refractivity contribution in [2.45, 2.75) is 42.5 Å². The summed E-state index contributed by atoms with van der Waals surface area (Å²) in [7, 11) is 1.29. The highest BCUT2D eigenvalue weighted by Gasteiger charge is 2.25. The Morgan fingerprint density at radius 1 is 0.471 bits per heavy atom. The second-order valence-corrected chi connectivity index (χ2v) is 23.2. The number of rotatable bonds is 20. The Hall–Kier alpha value is -9.56. The van der Waals surface area contributed by atoms with Gasteiger partial charge in [-0.3, -0.25) is 9.59 Å². The maximum Gasteiger partial charge on any atom is 0.488 e. The molecule has 0 aliphatic carbocycles. The number of ether oxygens (including phenoxy) is 8. The third-order valence-corrected chi connectivity index (χ3v) is 15.9. The van der Waals surface area contributed by atoms with Gasteiger partial charge in [-0.1, -0.05) is 187 Å². The molecule has 24 nitrogen and oxygen atoms in total. The number of pyridine rings is 4. The van der Waals surface area contributed by atoms with Crippen LogP contribution in [-0.2, 0) is 47.6 Å². The molecule has 6 aromatic heterocycles. The molecule has 0 aliphatic rings. The molecule has 4 aromatic carbocycles. The minimum absolute atomic E-state index is 0. The number of esters is 6. The molecule has 0 bridgehead atoms. The van der Waals surface area contributed by atoms with Gasteiger partial charge >= 0.3 is 54.9 Å². The monoisotopic (exact) mass is 1610 g/mol. The Kier molecular flexibility index (Phi) is 42.8. The van der Waals surface area contributed by atoms with Crippen LogP contribution in [0.15, 0.2) is 170 Å². The highest BCUT2D eigenvalue weighted by molar-refractivity contribution is 9.09. The average Bonchev–Trinajstić information content (AvgIpc) is 1.64. The van der Waals surface area contributed by atoms with E-state index >= 15 is 0 Å². The summed E-state index contributed by atoms with van der Waals surface area (Å²) in [4.78, 5) is 107. The van der Waals surface area contributed by atoms with E-state index in [4.69, 9.17) is 78.4 Å². The summed E-state index contributed by atoms with van der Waals surface area (Å²) in [5, 5.41) is 37.1. The molecule has 0 saturated carbocycles. The smallest absolute Gasteiger partial charge is 0.479 e. The third-order valence-electron chi connectivity index (χ3n) is 12.3. The predicted molar refractivity (Wildman–Crippen MR) is 411 cm³/mol. The van der Waals surface area contributed by atoms with Crippen LogP contribution < -0.4 is 14.9 Å². The van der Waals surface area contributed by atoms with Gasteiger partial charge in [0.1, 0.15) is 30.5 Å². The van der Waals surface area contributed by atoms with E-state index in [0.29, 0.717) is 56.7 Å². The van der Waals surface area contributed by atoms with Crippen molar-refractivity contribution in [1.29, 1.82) is 0 Å². The largest absolute Gasteiger partial charge is 0.488 e. The van der Waals surface area contributed by atoms with Crippen molar-refractivity contribution < 1.29 is 96.5 Å². The van der Waals surface area contributed by atoms with Gasteiger partial charge in [-0.25, -0.2) is 48.7 Å². The molecule has 10 aromatic rings. The van der Waals surface area contributed by atoms with Crippen LogP contribution >= 0.6 is 86.0 Å². The number of nitrogens with zero attached hydrogens (tertiary/aromatic N) is 4. The number of alkyl halides is 1. The number of aromatic carboxylic acids is 1. The number of thiol groups is 1. The van der Waals surface area contributed by atoms with Crippen LogP contribution in [0.25, 0.3) is 54.2 Å². The highest BCUT2D eigenvalue weighted by atomic mass is 79.9. The maximum atomic E-state index is 12.1. The van der Waals surface area contributed by atoms with E-state index in [0.717, 1.165) is 39.4 Å². The quantitative estimate of drug-likeness (QED) is 0.0118. The number of aromatic nitrogens is 4. The number of carbonyl (C=O) groups is 8. The van der Waals surface area contributed by atoms with Gasteiger partial charge in [0.15, 0.2) is 34.5 Å². The van der Waals surface area contributed by atoms with Crippen molar-refractivity contribution in [1.82, 2.24) is 19.9 Å². The standard InChI is InChI=1S/C19H17NO5S.C16H11NO5S.C14H12ClNO2.C8H7Cl2NO2.C6H7BO2.C4H7BrO2.C3H6O2S.2CH4/c1-3-24-15(21)11-25-16-13-9-10-14(12-7-5-4-6-8-12)20-18(13)26-17(16)19(22)23-2;18-12(19)8-22-13-10-6-7-11(9-4-2-1-3-5-9)17-15(10)23-14(13)16(20)21;1-2-18-14(17)11-8-9-12(16-13(11)15)10-6-4-3-5-7-10;1-2-13-8(12)5-3-4-6(9)11-7(5)10;8-7(9)6-4-2-1-3-5-6;1-2-7-4(6)3-5;1-5-3(4)2-6;;/h4-10H,3,11H2,1-2H3;1-7H,8H2,(H,18,19)(H,20,21);3-9H,2H2,1H3;3-4H,2H2,1H3;1-5,8-9H;2-3H2,1H3;6H,2H2,1H3;2*1H4. The fourth-order valence-electron chi connectivity index (χ4n) is 7.80.